The van der Waals surface area contributed by atoms with E-state index >= 15 is 0 Å². The molecule has 0 heterocycles. The van der Waals surface area contributed by atoms with Crippen LogP contribution in [0.1, 0.15) is 20.8 Å². The van der Waals surface area contributed by atoms with Crippen molar-refractivity contribution in [1.82, 2.24) is 4.31 Å². The second kappa shape index (κ2) is 6.02. The van der Waals surface area contributed by atoms with Crippen LogP contribution in [0.4, 0.5) is 0 Å². The minimum Gasteiger partial charge on any atom is -0.492 e. The van der Waals surface area contributed by atoms with Gasteiger partial charge in [0.15, 0.2) is 0 Å². The normalized spacial score (nSPS) is 11.8. The Hall–Kier alpha value is -1.07. The van der Waals surface area contributed by atoms with Crippen LogP contribution in [-0.2, 0) is 10.0 Å². The lowest BCUT2D eigenvalue weighted by atomic mass is 10.3. The molecule has 0 aliphatic rings. The summed E-state index contributed by atoms with van der Waals surface area (Å²) in [5.74, 6) is 0.418. The third kappa shape index (κ3) is 2.98. The van der Waals surface area contributed by atoms with E-state index < -0.39 is 10.0 Å². The fraction of sp³-hybridized carbons (Fsp3) is 0.500. The first kappa shape index (κ1) is 14.0. The van der Waals surface area contributed by atoms with Gasteiger partial charge in [-0.15, -0.1) is 0 Å². The number of benzene rings is 1. The van der Waals surface area contributed by atoms with Gasteiger partial charge in [-0.25, -0.2) is 8.42 Å². The van der Waals surface area contributed by atoms with Crippen LogP contribution in [0.5, 0.6) is 5.75 Å². The smallest absolute Gasteiger partial charge is 0.246 e. The topological polar surface area (TPSA) is 46.6 Å². The largest absolute Gasteiger partial charge is 0.492 e. The second-order valence-corrected chi connectivity index (χ2v) is 5.38. The summed E-state index contributed by atoms with van der Waals surface area (Å²) in [5.41, 5.74) is 0. The lowest BCUT2D eigenvalue weighted by molar-refractivity contribution is 0.329. The van der Waals surface area contributed by atoms with E-state index in [0.29, 0.717) is 25.4 Å². The van der Waals surface area contributed by atoms with Crippen molar-refractivity contribution in [3.8, 4) is 5.75 Å². The molecule has 96 valence electrons. The molecule has 0 spiro atoms. The van der Waals surface area contributed by atoms with Gasteiger partial charge in [-0.05, 0) is 19.1 Å². The number of nitrogens with zero attached hydrogens (tertiary/aromatic N) is 1. The van der Waals surface area contributed by atoms with Crippen LogP contribution >= 0.6 is 0 Å². The van der Waals surface area contributed by atoms with E-state index in [4.69, 9.17) is 4.74 Å². The molecule has 0 saturated heterocycles. The Labute approximate surface area is 103 Å². The molecule has 1 aromatic rings. The molecule has 0 amide bonds. The van der Waals surface area contributed by atoms with Crippen molar-refractivity contribution in [3.05, 3.63) is 24.3 Å². The van der Waals surface area contributed by atoms with Gasteiger partial charge in [-0.2, -0.15) is 4.31 Å². The van der Waals surface area contributed by atoms with Gasteiger partial charge in [0.25, 0.3) is 0 Å². The number of ether oxygens (including phenoxy) is 1. The van der Waals surface area contributed by atoms with Gasteiger partial charge in [0.2, 0.25) is 10.0 Å². The Morgan fingerprint density at radius 1 is 1.12 bits per heavy atom. The standard InChI is InChI=1S/C12H19NO3S/c1-4-13(5-2)17(14,15)12-10-8-7-9-11(12)16-6-3/h7-10H,4-6H2,1-3H3. The van der Waals surface area contributed by atoms with Gasteiger partial charge in [0, 0.05) is 13.1 Å². The lowest BCUT2D eigenvalue weighted by Gasteiger charge is -2.20. The molecule has 0 aliphatic carbocycles. The lowest BCUT2D eigenvalue weighted by Crippen LogP contribution is -2.30. The first-order valence-electron chi connectivity index (χ1n) is 5.79. The number of sulfonamides is 1. The molecule has 4 nitrogen and oxygen atoms in total. The third-order valence-corrected chi connectivity index (χ3v) is 4.56. The average molecular weight is 257 g/mol. The monoisotopic (exact) mass is 257 g/mol. The number of rotatable bonds is 6. The van der Waals surface area contributed by atoms with Crippen LogP contribution in [0.2, 0.25) is 0 Å². The first-order valence-corrected chi connectivity index (χ1v) is 7.23. The quantitative estimate of drug-likeness (QED) is 0.784. The Balaban J connectivity index is 3.23. The molecule has 17 heavy (non-hydrogen) atoms. The maximum absolute atomic E-state index is 12.3. The van der Waals surface area contributed by atoms with Gasteiger partial charge in [-0.3, -0.25) is 0 Å². The van der Waals surface area contributed by atoms with Gasteiger partial charge in [0.1, 0.15) is 10.6 Å². The summed E-state index contributed by atoms with van der Waals surface area (Å²) in [4.78, 5) is 0.241. The van der Waals surface area contributed by atoms with Gasteiger partial charge >= 0.3 is 0 Å². The van der Waals surface area contributed by atoms with Crippen molar-refractivity contribution in [1.29, 1.82) is 0 Å². The molecule has 0 saturated carbocycles. The highest BCUT2D eigenvalue weighted by molar-refractivity contribution is 7.89. The maximum atomic E-state index is 12.3. The van der Waals surface area contributed by atoms with E-state index in [1.807, 2.05) is 20.8 Å². The Morgan fingerprint density at radius 2 is 1.71 bits per heavy atom. The Morgan fingerprint density at radius 3 is 2.24 bits per heavy atom. The fourth-order valence-corrected chi connectivity index (χ4v) is 3.23. The van der Waals surface area contributed by atoms with E-state index in [-0.39, 0.29) is 4.90 Å². The van der Waals surface area contributed by atoms with Gasteiger partial charge in [-0.1, -0.05) is 26.0 Å². The SMILES string of the molecule is CCOc1ccccc1S(=O)(=O)N(CC)CC. The third-order valence-electron chi connectivity index (χ3n) is 2.47. The van der Waals surface area contributed by atoms with E-state index in [2.05, 4.69) is 0 Å². The van der Waals surface area contributed by atoms with Crippen LogP contribution in [0, 0.1) is 0 Å². The molecule has 5 heteroatoms. The molecule has 1 aromatic carbocycles. The van der Waals surface area contributed by atoms with E-state index in [9.17, 15) is 8.42 Å². The minimum atomic E-state index is -3.45. The maximum Gasteiger partial charge on any atom is 0.246 e. The zero-order valence-electron chi connectivity index (χ0n) is 10.5. The average Bonchev–Trinajstić information content (AvgIpc) is 2.31. The molecule has 0 fully saturated rings. The highest BCUT2D eigenvalue weighted by atomic mass is 32.2. The highest BCUT2D eigenvalue weighted by Gasteiger charge is 2.24. The summed E-state index contributed by atoms with van der Waals surface area (Å²) in [5, 5.41) is 0. The van der Waals surface area contributed by atoms with Crippen LogP contribution in [0.15, 0.2) is 29.2 Å². The molecular formula is C12H19NO3S. The summed E-state index contributed by atoms with van der Waals surface area (Å²) in [7, 11) is -3.45. The fourth-order valence-electron chi connectivity index (χ4n) is 1.64. The van der Waals surface area contributed by atoms with Crippen molar-refractivity contribution in [2.24, 2.45) is 0 Å². The molecule has 0 aliphatic heterocycles. The zero-order valence-corrected chi connectivity index (χ0v) is 11.3. The van der Waals surface area contributed by atoms with Crippen LogP contribution in [0.3, 0.4) is 0 Å². The van der Waals surface area contributed by atoms with Crippen molar-refractivity contribution in [3.63, 3.8) is 0 Å². The van der Waals surface area contributed by atoms with Crippen LogP contribution in [0.25, 0.3) is 0 Å². The first-order chi connectivity index (χ1) is 8.07. The highest BCUT2D eigenvalue weighted by Crippen LogP contribution is 2.26. The predicted molar refractivity (Wildman–Crippen MR) is 67.7 cm³/mol. The molecule has 0 aromatic heterocycles. The van der Waals surface area contributed by atoms with Crippen molar-refractivity contribution in [2.75, 3.05) is 19.7 Å². The summed E-state index contributed by atoms with van der Waals surface area (Å²) >= 11 is 0. The molecular weight excluding hydrogens is 238 g/mol. The van der Waals surface area contributed by atoms with Crippen LogP contribution < -0.4 is 4.74 Å². The summed E-state index contributed by atoms with van der Waals surface area (Å²) in [6.45, 7) is 6.85. The van der Waals surface area contributed by atoms with Gasteiger partial charge < -0.3 is 4.74 Å². The summed E-state index contributed by atoms with van der Waals surface area (Å²) in [6, 6.07) is 6.74. The van der Waals surface area contributed by atoms with E-state index in [1.54, 1.807) is 24.3 Å². The second-order valence-electron chi connectivity index (χ2n) is 3.47. The summed E-state index contributed by atoms with van der Waals surface area (Å²) < 4.78 is 31.5. The molecule has 0 bridgehead atoms. The Kier molecular flexibility index (Phi) is 4.96. The van der Waals surface area contributed by atoms with E-state index in [0.717, 1.165) is 0 Å². The van der Waals surface area contributed by atoms with E-state index in [1.165, 1.54) is 4.31 Å². The Bertz CT molecular complexity index is 453. The van der Waals surface area contributed by atoms with Gasteiger partial charge in [0.05, 0.1) is 6.61 Å². The minimum absolute atomic E-state index is 0.241. The molecule has 1 rings (SSSR count). The summed E-state index contributed by atoms with van der Waals surface area (Å²) in [6.07, 6.45) is 0. The molecule has 0 radical (unpaired) electrons. The number of para-hydroxylation sites is 1. The zero-order chi connectivity index (χ0) is 12.9. The van der Waals surface area contributed by atoms with Crippen molar-refractivity contribution < 1.29 is 13.2 Å². The predicted octanol–water partition coefficient (Wildman–Crippen LogP) is 2.12. The van der Waals surface area contributed by atoms with Crippen molar-refractivity contribution >= 4 is 10.0 Å². The number of hydrogen-bond donors (Lipinski definition) is 0. The molecule has 0 unspecified atom stereocenters. The van der Waals surface area contributed by atoms with Crippen molar-refractivity contribution in [2.45, 2.75) is 25.7 Å². The molecule has 0 atom stereocenters. The molecule has 0 N–H and O–H groups in total. The number of hydrogen-bond acceptors (Lipinski definition) is 3. The van der Waals surface area contributed by atoms with Crippen LogP contribution in [-0.4, -0.2) is 32.4 Å².